The van der Waals surface area contributed by atoms with Gasteiger partial charge in [-0.1, -0.05) is 84.9 Å². The summed E-state index contributed by atoms with van der Waals surface area (Å²) in [5, 5.41) is 3.96. The first-order valence-corrected chi connectivity index (χ1v) is 12.4. The number of fused-ring (bicyclic) bond motifs is 1. The Balaban J connectivity index is 1.39. The fraction of sp³-hybridized carbons (Fsp3) is 0.121. The number of methoxy groups -OCH3 is 1. The van der Waals surface area contributed by atoms with Crippen LogP contribution in [0.1, 0.15) is 18.1 Å². The molecule has 0 saturated carbocycles. The number of carbonyl (C=O) groups is 1. The molecule has 5 aromatic rings. The lowest BCUT2D eigenvalue weighted by Crippen LogP contribution is -2.23. The van der Waals surface area contributed by atoms with Crippen molar-refractivity contribution in [2.24, 2.45) is 0 Å². The summed E-state index contributed by atoms with van der Waals surface area (Å²) in [5.74, 6) is 0.540. The lowest BCUT2D eigenvalue weighted by Gasteiger charge is -2.10. The van der Waals surface area contributed by atoms with Crippen LogP contribution in [0.15, 0.2) is 114 Å². The van der Waals surface area contributed by atoms with E-state index in [2.05, 4.69) is 53.8 Å². The minimum absolute atomic E-state index is 0.125. The third-order valence-corrected chi connectivity index (χ3v) is 6.53. The van der Waals surface area contributed by atoms with E-state index in [0.717, 1.165) is 45.2 Å². The molecule has 1 N–H and O–H groups in total. The van der Waals surface area contributed by atoms with Crippen LogP contribution < -0.4 is 10.1 Å². The molecule has 1 aromatic heterocycles. The molecule has 0 aliphatic rings. The van der Waals surface area contributed by atoms with Crippen molar-refractivity contribution in [2.75, 3.05) is 13.7 Å². The number of carbonyl (C=O) groups excluding carboxylic acids is 1. The van der Waals surface area contributed by atoms with Gasteiger partial charge in [-0.15, -0.1) is 0 Å². The van der Waals surface area contributed by atoms with Crippen LogP contribution in [0.4, 0.5) is 0 Å². The van der Waals surface area contributed by atoms with E-state index in [1.165, 1.54) is 11.1 Å². The number of allylic oxidation sites excluding steroid dienone is 1. The maximum Gasteiger partial charge on any atom is 0.244 e. The molecule has 37 heavy (non-hydrogen) atoms. The Labute approximate surface area is 217 Å². The molecule has 1 heterocycles. The standard InChI is InChI=1S/C33H29NO3/c1-23(19-33(35)34-18-17-24-9-5-3-6-10-24)28-20-29-30(22-37-32(29)21-31(28)36-2)27-15-13-26(14-16-27)25-11-7-4-8-12-25/h3-16,19-22H,17-18H2,1-2H3,(H,34,35)/b23-19+. The highest BCUT2D eigenvalue weighted by Gasteiger charge is 2.15. The van der Waals surface area contributed by atoms with Crippen molar-refractivity contribution in [3.63, 3.8) is 0 Å². The third kappa shape index (κ3) is 5.49. The minimum atomic E-state index is -0.125. The van der Waals surface area contributed by atoms with Gasteiger partial charge in [-0.25, -0.2) is 0 Å². The molecule has 0 bridgehead atoms. The molecule has 0 aliphatic heterocycles. The molecule has 4 heteroatoms. The van der Waals surface area contributed by atoms with Gasteiger partial charge in [-0.2, -0.15) is 0 Å². The van der Waals surface area contributed by atoms with Crippen LogP contribution in [0, 0.1) is 0 Å². The average Bonchev–Trinajstić information content (AvgIpc) is 3.36. The van der Waals surface area contributed by atoms with Crippen LogP contribution in [-0.4, -0.2) is 19.6 Å². The molecule has 0 radical (unpaired) electrons. The van der Waals surface area contributed by atoms with Gasteiger partial charge in [-0.05, 0) is 47.2 Å². The molecule has 0 atom stereocenters. The molecular weight excluding hydrogens is 458 g/mol. The monoisotopic (exact) mass is 487 g/mol. The van der Waals surface area contributed by atoms with Crippen LogP contribution in [0.2, 0.25) is 0 Å². The molecule has 4 aromatic carbocycles. The summed E-state index contributed by atoms with van der Waals surface area (Å²) in [6.07, 6.45) is 4.19. The van der Waals surface area contributed by atoms with Crippen molar-refractivity contribution in [1.29, 1.82) is 0 Å². The highest BCUT2D eigenvalue weighted by Crippen LogP contribution is 2.37. The van der Waals surface area contributed by atoms with Crippen molar-refractivity contribution in [3.8, 4) is 28.0 Å². The van der Waals surface area contributed by atoms with Gasteiger partial charge in [0, 0.05) is 35.2 Å². The summed E-state index contributed by atoms with van der Waals surface area (Å²) in [7, 11) is 1.63. The first-order chi connectivity index (χ1) is 18.1. The first kappa shape index (κ1) is 24.1. The summed E-state index contributed by atoms with van der Waals surface area (Å²) in [4.78, 5) is 12.6. The highest BCUT2D eigenvalue weighted by atomic mass is 16.5. The molecule has 1 amide bonds. The predicted molar refractivity (Wildman–Crippen MR) is 150 cm³/mol. The molecule has 5 rings (SSSR count). The summed E-state index contributed by atoms with van der Waals surface area (Å²) < 4.78 is 11.5. The lowest BCUT2D eigenvalue weighted by molar-refractivity contribution is -0.116. The highest BCUT2D eigenvalue weighted by molar-refractivity contribution is 6.00. The number of hydrogen-bond donors (Lipinski definition) is 1. The maximum atomic E-state index is 12.6. The molecule has 0 spiro atoms. The topological polar surface area (TPSA) is 51.5 Å². The predicted octanol–water partition coefficient (Wildman–Crippen LogP) is 7.54. The van der Waals surface area contributed by atoms with E-state index in [-0.39, 0.29) is 5.91 Å². The molecule has 0 saturated heterocycles. The fourth-order valence-corrected chi connectivity index (χ4v) is 4.53. The second-order valence-corrected chi connectivity index (χ2v) is 9.00. The van der Waals surface area contributed by atoms with E-state index in [1.54, 1.807) is 19.4 Å². The molecule has 0 aliphatic carbocycles. The van der Waals surface area contributed by atoms with E-state index >= 15 is 0 Å². The molecule has 0 unspecified atom stereocenters. The normalized spacial score (nSPS) is 11.5. The van der Waals surface area contributed by atoms with Crippen LogP contribution >= 0.6 is 0 Å². The van der Waals surface area contributed by atoms with Crippen molar-refractivity contribution in [3.05, 3.63) is 121 Å². The zero-order valence-corrected chi connectivity index (χ0v) is 21.0. The lowest BCUT2D eigenvalue weighted by atomic mass is 9.97. The Kier molecular flexibility index (Phi) is 7.18. The van der Waals surface area contributed by atoms with E-state index < -0.39 is 0 Å². The number of benzene rings is 4. The molecule has 4 nitrogen and oxygen atoms in total. The molecule has 184 valence electrons. The van der Waals surface area contributed by atoms with Gasteiger partial charge >= 0.3 is 0 Å². The van der Waals surface area contributed by atoms with E-state index in [4.69, 9.17) is 9.15 Å². The van der Waals surface area contributed by atoms with Gasteiger partial charge in [0.25, 0.3) is 0 Å². The van der Waals surface area contributed by atoms with Crippen LogP contribution in [-0.2, 0) is 11.2 Å². The smallest absolute Gasteiger partial charge is 0.244 e. The zero-order valence-electron chi connectivity index (χ0n) is 21.0. The van der Waals surface area contributed by atoms with Crippen molar-refractivity contribution in [1.82, 2.24) is 5.32 Å². The largest absolute Gasteiger partial charge is 0.496 e. The fourth-order valence-electron chi connectivity index (χ4n) is 4.53. The second kappa shape index (κ2) is 11.0. The Morgan fingerprint density at radius 3 is 2.22 bits per heavy atom. The summed E-state index contributed by atoms with van der Waals surface area (Å²) in [6, 6.07) is 32.8. The average molecular weight is 488 g/mol. The quantitative estimate of drug-likeness (QED) is 0.230. The SMILES string of the molecule is COc1cc2occ(-c3ccc(-c4ccccc4)cc3)c2cc1/C(C)=C/C(=O)NCCc1ccccc1. The number of nitrogens with one attached hydrogen (secondary N) is 1. The number of hydrogen-bond acceptors (Lipinski definition) is 3. The van der Waals surface area contributed by atoms with Gasteiger partial charge < -0.3 is 14.5 Å². The zero-order chi connectivity index (χ0) is 25.6. The van der Waals surface area contributed by atoms with Gasteiger partial charge in [0.1, 0.15) is 11.3 Å². The van der Waals surface area contributed by atoms with E-state index in [0.29, 0.717) is 12.3 Å². The Morgan fingerprint density at radius 2 is 1.51 bits per heavy atom. The van der Waals surface area contributed by atoms with Gasteiger partial charge in [0.05, 0.1) is 13.4 Å². The molecular formula is C33H29NO3. The number of rotatable bonds is 8. The molecule has 0 fully saturated rings. The van der Waals surface area contributed by atoms with Crippen molar-refractivity contribution >= 4 is 22.4 Å². The Bertz CT molecular complexity index is 1530. The van der Waals surface area contributed by atoms with E-state index in [1.807, 2.05) is 55.5 Å². The van der Waals surface area contributed by atoms with Gasteiger partial charge in [0.15, 0.2) is 0 Å². The number of ether oxygens (including phenoxy) is 1. The number of furan rings is 1. The maximum absolute atomic E-state index is 12.6. The van der Waals surface area contributed by atoms with Crippen LogP contribution in [0.25, 0.3) is 38.8 Å². The summed E-state index contributed by atoms with van der Waals surface area (Å²) in [6.45, 7) is 2.50. The minimum Gasteiger partial charge on any atom is -0.496 e. The summed E-state index contributed by atoms with van der Waals surface area (Å²) in [5.41, 5.74) is 8.02. The first-order valence-electron chi connectivity index (χ1n) is 12.4. The van der Waals surface area contributed by atoms with Gasteiger partial charge in [0.2, 0.25) is 5.91 Å². The van der Waals surface area contributed by atoms with Crippen molar-refractivity contribution < 1.29 is 13.9 Å². The third-order valence-electron chi connectivity index (χ3n) is 6.53. The number of amides is 1. The Morgan fingerprint density at radius 1 is 0.865 bits per heavy atom. The van der Waals surface area contributed by atoms with E-state index in [9.17, 15) is 4.79 Å². The van der Waals surface area contributed by atoms with Crippen LogP contribution in [0.3, 0.4) is 0 Å². The van der Waals surface area contributed by atoms with Crippen molar-refractivity contribution in [2.45, 2.75) is 13.3 Å². The summed E-state index contributed by atoms with van der Waals surface area (Å²) >= 11 is 0. The van der Waals surface area contributed by atoms with Gasteiger partial charge in [-0.3, -0.25) is 4.79 Å². The second-order valence-electron chi connectivity index (χ2n) is 9.00. The van der Waals surface area contributed by atoms with Crippen LogP contribution in [0.5, 0.6) is 5.75 Å². The Hall–Kier alpha value is -4.57.